The van der Waals surface area contributed by atoms with Gasteiger partial charge < -0.3 is 19.5 Å². The summed E-state index contributed by atoms with van der Waals surface area (Å²) >= 11 is 6.03. The summed E-state index contributed by atoms with van der Waals surface area (Å²) in [6.07, 6.45) is 1.69. The van der Waals surface area contributed by atoms with Gasteiger partial charge in [0.15, 0.2) is 17.6 Å². The molecule has 0 spiro atoms. The van der Waals surface area contributed by atoms with Crippen molar-refractivity contribution >= 4 is 27.5 Å². The van der Waals surface area contributed by atoms with Gasteiger partial charge in [-0.25, -0.2) is 0 Å². The molecule has 1 saturated heterocycles. The van der Waals surface area contributed by atoms with E-state index in [1.54, 1.807) is 19.2 Å². The fourth-order valence-corrected chi connectivity index (χ4v) is 7.54. The molecule has 1 heterocycles. The van der Waals surface area contributed by atoms with Crippen LogP contribution in [-0.2, 0) is 19.6 Å². The Morgan fingerprint density at radius 2 is 1.92 bits per heavy atom. The van der Waals surface area contributed by atoms with Gasteiger partial charge in [-0.15, -0.1) is 0 Å². The molecule has 38 heavy (non-hydrogen) atoms. The van der Waals surface area contributed by atoms with E-state index in [1.165, 1.54) is 0 Å². The summed E-state index contributed by atoms with van der Waals surface area (Å²) in [5.41, 5.74) is -0.0521. The maximum Gasteiger partial charge on any atom is 0.265 e. The van der Waals surface area contributed by atoms with E-state index >= 15 is 0 Å². The molecule has 2 aliphatic carbocycles. The lowest BCUT2D eigenvalue weighted by molar-refractivity contribution is -0.128. The number of rotatable bonds is 7. The van der Waals surface area contributed by atoms with Crippen LogP contribution in [0.4, 0.5) is 0 Å². The number of benzene rings is 2. The lowest BCUT2D eigenvalue weighted by Gasteiger charge is -2.35. The third kappa shape index (κ3) is 6.02. The topological polar surface area (TPSA) is 111 Å². The molecule has 2 bridgehead atoms. The highest BCUT2D eigenvalue weighted by Crippen LogP contribution is 2.64. The van der Waals surface area contributed by atoms with Crippen LogP contribution in [0.5, 0.6) is 11.5 Å². The predicted molar refractivity (Wildman–Crippen MR) is 145 cm³/mol. The van der Waals surface area contributed by atoms with Crippen LogP contribution >= 0.6 is 11.6 Å². The number of carbonyl (C=O) groups is 1. The zero-order chi connectivity index (χ0) is 27.6. The molecule has 2 unspecified atom stereocenters. The van der Waals surface area contributed by atoms with Crippen molar-refractivity contribution < 1.29 is 32.0 Å². The van der Waals surface area contributed by atoms with E-state index in [0.29, 0.717) is 36.0 Å². The van der Waals surface area contributed by atoms with Gasteiger partial charge in [-0.1, -0.05) is 55.8 Å². The predicted octanol–water partition coefficient (Wildman–Crippen LogP) is 4.73. The summed E-state index contributed by atoms with van der Waals surface area (Å²) in [4.78, 5) is 11.9. The van der Waals surface area contributed by atoms with Gasteiger partial charge in [0.2, 0.25) is 0 Å². The molecular weight excluding hydrogens is 530 g/mol. The van der Waals surface area contributed by atoms with Gasteiger partial charge >= 0.3 is 0 Å². The zero-order valence-electron chi connectivity index (χ0n) is 22.0. The highest BCUT2D eigenvalue weighted by molar-refractivity contribution is 7.85. The highest BCUT2D eigenvalue weighted by Gasteiger charge is 2.65. The van der Waals surface area contributed by atoms with Crippen molar-refractivity contribution in [2.45, 2.75) is 45.3 Å². The molecule has 8 nitrogen and oxygen atoms in total. The first-order valence-corrected chi connectivity index (χ1v) is 14.8. The Hall–Kier alpha value is -2.17. The van der Waals surface area contributed by atoms with Gasteiger partial charge in [0.25, 0.3) is 10.1 Å². The molecule has 208 valence electrons. The van der Waals surface area contributed by atoms with Crippen molar-refractivity contribution in [3.63, 3.8) is 0 Å². The van der Waals surface area contributed by atoms with Crippen LogP contribution in [0.1, 0.15) is 44.8 Å². The third-order valence-corrected chi connectivity index (χ3v) is 9.46. The number of ketones is 1. The number of hydrogen-bond acceptors (Lipinski definition) is 7. The van der Waals surface area contributed by atoms with Gasteiger partial charge in [-0.3, -0.25) is 9.35 Å². The summed E-state index contributed by atoms with van der Waals surface area (Å²) in [5, 5.41) is 3.96. The van der Waals surface area contributed by atoms with Crippen LogP contribution in [-0.4, -0.2) is 57.4 Å². The summed E-state index contributed by atoms with van der Waals surface area (Å²) in [5.74, 6) is 1.16. The van der Waals surface area contributed by atoms with E-state index in [0.717, 1.165) is 25.1 Å². The number of nitrogens with one attached hydrogen (secondary N) is 1. The Morgan fingerprint density at radius 3 is 2.47 bits per heavy atom. The Bertz CT molecular complexity index is 1230. The van der Waals surface area contributed by atoms with Crippen molar-refractivity contribution in [1.29, 1.82) is 0 Å². The van der Waals surface area contributed by atoms with Gasteiger partial charge in [0.1, 0.15) is 11.9 Å². The summed E-state index contributed by atoms with van der Waals surface area (Å²) in [6, 6.07) is 15.5. The average Bonchev–Trinajstić information content (AvgIpc) is 3.22. The SMILES string of the molecule is CC1(C)C2CCC1(CS(=O)(=O)O)C(=O)C2.COc1cc(Cl)ccc1O[C@@H](c1ccccc1)[C@@H]1CNCCO1. The van der Waals surface area contributed by atoms with Crippen LogP contribution in [0, 0.1) is 16.7 Å². The van der Waals surface area contributed by atoms with Crippen LogP contribution in [0.25, 0.3) is 0 Å². The maximum atomic E-state index is 11.9. The minimum atomic E-state index is -4.08. The number of Topliss-reactive ketones (excluding diaryl/α,β-unsaturated/α-hetero) is 1. The number of ether oxygens (including phenoxy) is 3. The molecule has 5 rings (SSSR count). The number of halogens is 1. The van der Waals surface area contributed by atoms with Gasteiger partial charge in [0, 0.05) is 30.6 Å². The van der Waals surface area contributed by atoms with Crippen LogP contribution < -0.4 is 14.8 Å². The maximum absolute atomic E-state index is 11.9. The average molecular weight is 566 g/mol. The van der Waals surface area contributed by atoms with Crippen molar-refractivity contribution in [3.8, 4) is 11.5 Å². The van der Waals surface area contributed by atoms with Gasteiger partial charge in [-0.05, 0) is 41.9 Å². The molecule has 3 fully saturated rings. The van der Waals surface area contributed by atoms with Gasteiger partial charge in [0.05, 0.1) is 24.9 Å². The standard InChI is InChI=1S/C18H20ClNO3.C10H16O4S/c1-21-16-11-14(19)7-8-15(16)23-18(13-5-3-2-4-6-13)17-12-20-9-10-22-17;1-9(2)7-3-4-10(9,8(11)5-7)6-15(12,13)14/h2-8,11,17-18,20H,9-10,12H2,1H3;7H,3-6H2,1-2H3,(H,12,13,14)/t17-,18-;/m0./s1. The monoisotopic (exact) mass is 565 g/mol. The molecule has 2 saturated carbocycles. The molecule has 2 aromatic rings. The molecule has 10 heteroatoms. The third-order valence-electron chi connectivity index (χ3n) is 8.37. The number of hydrogen-bond donors (Lipinski definition) is 2. The quantitative estimate of drug-likeness (QED) is 0.464. The first-order valence-electron chi connectivity index (χ1n) is 12.8. The Balaban J connectivity index is 0.000000194. The summed E-state index contributed by atoms with van der Waals surface area (Å²) in [7, 11) is -2.47. The molecule has 4 atom stereocenters. The van der Waals surface area contributed by atoms with Crippen LogP contribution in [0.3, 0.4) is 0 Å². The largest absolute Gasteiger partial charge is 0.493 e. The second kappa shape index (κ2) is 11.5. The van der Waals surface area contributed by atoms with E-state index in [1.807, 2.05) is 50.2 Å². The van der Waals surface area contributed by atoms with E-state index in [2.05, 4.69) is 5.32 Å². The zero-order valence-corrected chi connectivity index (χ0v) is 23.6. The normalized spacial score (nSPS) is 26.8. The van der Waals surface area contributed by atoms with E-state index in [9.17, 15) is 13.2 Å². The van der Waals surface area contributed by atoms with Crippen molar-refractivity contribution in [3.05, 3.63) is 59.1 Å². The fraction of sp³-hybridized carbons (Fsp3) is 0.536. The number of methoxy groups -OCH3 is 1. The molecule has 3 aliphatic rings. The first kappa shape index (κ1) is 28.8. The van der Waals surface area contributed by atoms with E-state index in [4.69, 9.17) is 30.4 Å². The number of fused-ring (bicyclic) bond motifs is 2. The molecule has 0 amide bonds. The summed E-state index contributed by atoms with van der Waals surface area (Å²) in [6.45, 7) is 6.17. The number of carbonyl (C=O) groups excluding carboxylic acids is 1. The molecular formula is C28H36ClNO7S. The van der Waals surface area contributed by atoms with Crippen LogP contribution in [0.15, 0.2) is 48.5 Å². The van der Waals surface area contributed by atoms with Crippen molar-refractivity contribution in [2.24, 2.45) is 16.7 Å². The Labute approximate surface area is 229 Å². The van der Waals surface area contributed by atoms with Gasteiger partial charge in [-0.2, -0.15) is 8.42 Å². The van der Waals surface area contributed by atoms with Crippen molar-refractivity contribution in [1.82, 2.24) is 5.32 Å². The smallest absolute Gasteiger partial charge is 0.265 e. The van der Waals surface area contributed by atoms with Crippen LogP contribution in [0.2, 0.25) is 5.02 Å². The molecule has 1 aliphatic heterocycles. The lowest BCUT2D eigenvalue weighted by atomic mass is 9.70. The molecule has 0 radical (unpaired) electrons. The fourth-order valence-electron chi connectivity index (χ4n) is 6.08. The van der Waals surface area contributed by atoms with E-state index < -0.39 is 21.3 Å². The Morgan fingerprint density at radius 1 is 1.18 bits per heavy atom. The molecule has 0 aromatic heterocycles. The number of morpholine rings is 1. The minimum Gasteiger partial charge on any atom is -0.493 e. The summed E-state index contributed by atoms with van der Waals surface area (Å²) < 4.78 is 48.5. The molecule has 2 N–H and O–H groups in total. The highest BCUT2D eigenvalue weighted by atomic mass is 35.5. The molecule has 2 aromatic carbocycles. The first-order chi connectivity index (χ1) is 18.0. The Kier molecular flexibility index (Phi) is 8.74. The van der Waals surface area contributed by atoms with E-state index in [-0.39, 0.29) is 29.3 Å². The second-order valence-corrected chi connectivity index (χ2v) is 12.6. The lowest BCUT2D eigenvalue weighted by Crippen LogP contribution is -2.43. The van der Waals surface area contributed by atoms with Crippen molar-refractivity contribution in [2.75, 3.05) is 32.6 Å². The minimum absolute atomic E-state index is 0.0152. The second-order valence-electron chi connectivity index (χ2n) is 10.8.